The van der Waals surface area contributed by atoms with E-state index in [-0.39, 0.29) is 18.1 Å². The lowest BCUT2D eigenvalue weighted by Gasteiger charge is -2.60. The number of fused-ring (bicyclic) bond motifs is 7. The summed E-state index contributed by atoms with van der Waals surface area (Å²) in [5.41, 5.74) is 0.917. The summed E-state index contributed by atoms with van der Waals surface area (Å²) in [7, 11) is 0. The van der Waals surface area contributed by atoms with Crippen LogP contribution in [0.5, 0.6) is 0 Å². The van der Waals surface area contributed by atoms with Crippen molar-refractivity contribution < 1.29 is 59.1 Å². The number of hydrogen-bond donors (Lipinski definition) is 6. The van der Waals surface area contributed by atoms with Crippen molar-refractivity contribution in [1.29, 1.82) is 0 Å². The Balaban J connectivity index is 1.04. The minimum atomic E-state index is -1.60. The Kier molecular flexibility index (Phi) is 9.38. The summed E-state index contributed by atoms with van der Waals surface area (Å²) in [5, 5.41) is 64.1. The summed E-state index contributed by atoms with van der Waals surface area (Å²) >= 11 is 0. The third-order valence-corrected chi connectivity index (χ3v) is 15.2. The van der Waals surface area contributed by atoms with Gasteiger partial charge in [-0.2, -0.15) is 0 Å². The van der Waals surface area contributed by atoms with Gasteiger partial charge in [0.05, 0.1) is 37.6 Å². The van der Waals surface area contributed by atoms with Gasteiger partial charge in [-0.25, -0.2) is 0 Å². The van der Waals surface area contributed by atoms with Crippen LogP contribution in [0.1, 0.15) is 86.0 Å². The fourth-order valence-electron chi connectivity index (χ4n) is 12.4. The predicted octanol–water partition coefficient (Wildman–Crippen LogP) is 2.00. The maximum Gasteiger partial charge on any atom is 0.187 e. The Labute approximate surface area is 295 Å². The van der Waals surface area contributed by atoms with Crippen LogP contribution in [-0.2, 0) is 28.4 Å². The van der Waals surface area contributed by atoms with Crippen LogP contribution in [0.4, 0.5) is 0 Å². The second kappa shape index (κ2) is 12.9. The number of hydrogen-bond acceptors (Lipinski definition) is 12. The van der Waals surface area contributed by atoms with Gasteiger partial charge in [0, 0.05) is 24.2 Å². The summed E-state index contributed by atoms with van der Waals surface area (Å²) < 4.78 is 38.0. The molecule has 4 aliphatic heterocycles. The van der Waals surface area contributed by atoms with Crippen LogP contribution in [0.15, 0.2) is 11.6 Å². The van der Waals surface area contributed by atoms with Crippen molar-refractivity contribution in [3.05, 3.63) is 11.6 Å². The molecular weight excluding hydrogens is 648 g/mol. The third-order valence-electron chi connectivity index (χ3n) is 15.2. The normalized spacial score (nSPS) is 59.3. The molecule has 1 spiro atoms. The Morgan fingerprint density at radius 2 is 1.60 bits per heavy atom. The second-order valence-electron chi connectivity index (χ2n) is 17.9. The summed E-state index contributed by atoms with van der Waals surface area (Å²) in [6, 6.07) is 0. The molecule has 4 heterocycles. The van der Waals surface area contributed by atoms with Gasteiger partial charge < -0.3 is 59.1 Å². The first-order valence-electron chi connectivity index (χ1n) is 19.4. The Morgan fingerprint density at radius 1 is 0.820 bits per heavy atom. The van der Waals surface area contributed by atoms with Gasteiger partial charge in [-0.05, 0) is 80.5 Å². The average molecular weight is 709 g/mol. The Bertz CT molecular complexity index is 1290. The van der Waals surface area contributed by atoms with E-state index in [9.17, 15) is 30.6 Å². The molecule has 0 amide bonds. The summed E-state index contributed by atoms with van der Waals surface area (Å²) in [5.74, 6) is 2.08. The molecule has 4 aliphatic carbocycles. The topological polar surface area (TPSA) is 177 Å². The molecule has 0 unspecified atom stereocenters. The van der Waals surface area contributed by atoms with Crippen molar-refractivity contribution in [1.82, 2.24) is 0 Å². The fraction of sp³-hybridized carbons (Fsp3) is 0.947. The summed E-state index contributed by atoms with van der Waals surface area (Å²) in [6.45, 7) is 11.5. The zero-order valence-corrected chi connectivity index (χ0v) is 30.2. The van der Waals surface area contributed by atoms with E-state index in [1.165, 1.54) is 5.57 Å². The summed E-state index contributed by atoms with van der Waals surface area (Å²) in [6.07, 6.45) is -3.26. The smallest absolute Gasteiger partial charge is 0.187 e. The monoisotopic (exact) mass is 708 g/mol. The van der Waals surface area contributed by atoms with E-state index in [1.54, 1.807) is 6.92 Å². The van der Waals surface area contributed by atoms with Gasteiger partial charge in [-0.3, -0.25) is 0 Å². The molecule has 21 atom stereocenters. The van der Waals surface area contributed by atoms with Crippen LogP contribution in [0.25, 0.3) is 0 Å². The zero-order valence-electron chi connectivity index (χ0n) is 30.2. The molecular formula is C38H60O12. The average Bonchev–Trinajstić information content (AvgIpc) is 3.53. The molecule has 0 radical (unpaired) electrons. The van der Waals surface area contributed by atoms with Crippen molar-refractivity contribution >= 4 is 0 Å². The molecule has 0 bridgehead atoms. The lowest BCUT2D eigenvalue weighted by atomic mass is 9.46. The van der Waals surface area contributed by atoms with Crippen molar-refractivity contribution in [3.8, 4) is 0 Å². The predicted molar refractivity (Wildman–Crippen MR) is 177 cm³/mol. The zero-order chi connectivity index (χ0) is 35.5. The molecule has 6 N–H and O–H groups in total. The quantitative estimate of drug-likeness (QED) is 0.235. The van der Waals surface area contributed by atoms with Gasteiger partial charge in [0.2, 0.25) is 0 Å². The first-order valence-corrected chi connectivity index (χ1v) is 19.4. The van der Waals surface area contributed by atoms with Gasteiger partial charge in [0.25, 0.3) is 0 Å². The van der Waals surface area contributed by atoms with Crippen LogP contribution in [0.2, 0.25) is 0 Å². The van der Waals surface area contributed by atoms with E-state index in [0.29, 0.717) is 48.3 Å². The number of aliphatic hydroxyl groups is 6. The van der Waals surface area contributed by atoms with Crippen LogP contribution in [0.3, 0.4) is 0 Å². The highest BCUT2D eigenvalue weighted by molar-refractivity contribution is 5.28. The first kappa shape index (κ1) is 36.2. The minimum absolute atomic E-state index is 0.134. The second-order valence-corrected chi connectivity index (χ2v) is 17.9. The van der Waals surface area contributed by atoms with E-state index in [2.05, 4.69) is 33.8 Å². The number of aliphatic hydroxyl groups excluding tert-OH is 6. The van der Waals surface area contributed by atoms with Crippen LogP contribution >= 0.6 is 0 Å². The maximum absolute atomic E-state index is 11.1. The van der Waals surface area contributed by atoms with E-state index in [1.807, 2.05) is 0 Å². The minimum Gasteiger partial charge on any atom is -0.393 e. The molecule has 3 saturated carbocycles. The van der Waals surface area contributed by atoms with Gasteiger partial charge in [-0.1, -0.05) is 39.3 Å². The lowest BCUT2D eigenvalue weighted by Crippen LogP contribution is -2.63. The van der Waals surface area contributed by atoms with Gasteiger partial charge in [-0.15, -0.1) is 0 Å². The standard InChI is InChI=1S/C38H60O12/c1-17-8-11-38(46-15-17)18(2)28-26(50-38)14-24-22-7-6-20-12-21(39)13-27(37(20,5)23(22)9-10-36(24,28)4)48-35-33(30(42)25(40)16-45-35)49-34-32(44)31(43)29(41)19(3)47-34/h6,17-19,21-35,39-44H,7-16H2,1-5H3/t17-,18+,19+,21-,22-,23+,24+,25-,26+,27-,28+,29+,30+,31-,32-,33-,34+,35+,36+,37+,38-/m1/s1. The Morgan fingerprint density at radius 3 is 2.34 bits per heavy atom. The fourth-order valence-corrected chi connectivity index (χ4v) is 12.4. The SMILES string of the molecule is C[C@@H]1CC[C@@]2(OC1)O[C@H]1C[C@H]3[C@@H]4CC=C5C[C@@H](O)C[C@@H](O[C@@H]6OC[C@@H](O)[C@H](O)[C@H]6O[C@@H]6O[C@@H](C)[C@H](O)[C@@H](O)[C@H]6O)[C@]5(C)[C@H]4CC[C@]3(C)[C@H]1[C@@H]2C. The third kappa shape index (κ3) is 5.45. The van der Waals surface area contributed by atoms with E-state index < -0.39 is 78.7 Å². The number of rotatable bonds is 4. The van der Waals surface area contributed by atoms with Crippen LogP contribution in [0, 0.1) is 46.3 Å². The molecule has 0 aromatic rings. The molecule has 0 aromatic carbocycles. The number of allylic oxidation sites excluding steroid dienone is 1. The molecule has 8 rings (SSSR count). The van der Waals surface area contributed by atoms with Crippen molar-refractivity contribution in [3.63, 3.8) is 0 Å². The summed E-state index contributed by atoms with van der Waals surface area (Å²) in [4.78, 5) is 0. The molecule has 4 saturated heterocycles. The van der Waals surface area contributed by atoms with Gasteiger partial charge in [0.15, 0.2) is 18.4 Å². The highest BCUT2D eigenvalue weighted by atomic mass is 16.8. The van der Waals surface area contributed by atoms with E-state index >= 15 is 0 Å². The van der Waals surface area contributed by atoms with Crippen LogP contribution < -0.4 is 0 Å². The molecule has 0 aromatic heterocycles. The molecule has 50 heavy (non-hydrogen) atoms. The molecule has 12 heteroatoms. The number of ether oxygens (including phenoxy) is 6. The molecule has 12 nitrogen and oxygen atoms in total. The highest BCUT2D eigenvalue weighted by Gasteiger charge is 2.69. The molecule has 284 valence electrons. The van der Waals surface area contributed by atoms with Gasteiger partial charge in [0.1, 0.15) is 36.6 Å². The van der Waals surface area contributed by atoms with Crippen molar-refractivity contribution in [2.45, 2.75) is 165 Å². The van der Waals surface area contributed by atoms with Crippen molar-refractivity contribution in [2.75, 3.05) is 13.2 Å². The maximum atomic E-state index is 11.1. The first-order chi connectivity index (χ1) is 23.7. The van der Waals surface area contributed by atoms with E-state index in [0.717, 1.165) is 45.1 Å². The van der Waals surface area contributed by atoms with E-state index in [4.69, 9.17) is 28.4 Å². The largest absolute Gasteiger partial charge is 0.393 e. The molecule has 8 aliphatic rings. The Hall–Kier alpha value is -0.740. The van der Waals surface area contributed by atoms with Crippen LogP contribution in [-0.4, -0.2) is 123 Å². The molecule has 7 fully saturated rings. The lowest BCUT2D eigenvalue weighted by molar-refractivity contribution is -0.362. The van der Waals surface area contributed by atoms with Gasteiger partial charge >= 0.3 is 0 Å². The highest BCUT2D eigenvalue weighted by Crippen LogP contribution is 2.71. The van der Waals surface area contributed by atoms with Crippen molar-refractivity contribution in [2.24, 2.45) is 46.3 Å².